The molecular formula is C16H22N2O. The summed E-state index contributed by atoms with van der Waals surface area (Å²) in [6, 6.07) is 10.9. The van der Waals surface area contributed by atoms with Gasteiger partial charge in [0.2, 0.25) is 5.91 Å². The van der Waals surface area contributed by atoms with Crippen molar-refractivity contribution < 1.29 is 4.79 Å². The number of nitrogens with one attached hydrogen (secondary N) is 1. The van der Waals surface area contributed by atoms with E-state index in [9.17, 15) is 4.79 Å². The highest BCUT2D eigenvalue weighted by Crippen LogP contribution is 2.29. The smallest absolute Gasteiger partial charge is 0.240 e. The average molecular weight is 258 g/mol. The molecule has 1 saturated heterocycles. The minimum absolute atomic E-state index is 0.0538. The van der Waals surface area contributed by atoms with Gasteiger partial charge in [0, 0.05) is 12.6 Å². The van der Waals surface area contributed by atoms with Crippen LogP contribution < -0.4 is 5.32 Å². The number of rotatable bonds is 4. The standard InChI is InChI=1S/C16H22N2O/c19-16(15-8-4-5-11-17-15)18(14-9-10-14)12-13-6-2-1-3-7-13/h1-3,6-7,14-15,17H,4-5,8-12H2/t15-/m0/s1. The lowest BCUT2D eigenvalue weighted by Gasteiger charge is -2.30. The predicted molar refractivity (Wildman–Crippen MR) is 75.7 cm³/mol. The Kier molecular flexibility index (Phi) is 3.83. The number of amides is 1. The van der Waals surface area contributed by atoms with Gasteiger partial charge in [-0.15, -0.1) is 0 Å². The second kappa shape index (κ2) is 5.74. The molecule has 0 aromatic heterocycles. The molecule has 3 rings (SSSR count). The maximum Gasteiger partial charge on any atom is 0.240 e. The van der Waals surface area contributed by atoms with Crippen molar-refractivity contribution in [3.8, 4) is 0 Å². The van der Waals surface area contributed by atoms with Crippen molar-refractivity contribution in [2.75, 3.05) is 6.54 Å². The van der Waals surface area contributed by atoms with Crippen LogP contribution in [0.25, 0.3) is 0 Å². The number of nitrogens with zero attached hydrogens (tertiary/aromatic N) is 1. The summed E-state index contributed by atoms with van der Waals surface area (Å²) < 4.78 is 0. The van der Waals surface area contributed by atoms with Gasteiger partial charge >= 0.3 is 0 Å². The van der Waals surface area contributed by atoms with Crippen molar-refractivity contribution in [2.45, 2.75) is 50.7 Å². The minimum atomic E-state index is 0.0538. The highest BCUT2D eigenvalue weighted by Gasteiger charge is 2.35. The minimum Gasteiger partial charge on any atom is -0.334 e. The fourth-order valence-corrected chi connectivity index (χ4v) is 2.82. The largest absolute Gasteiger partial charge is 0.334 e. The molecule has 0 spiro atoms. The number of piperidine rings is 1. The molecule has 3 heteroatoms. The van der Waals surface area contributed by atoms with E-state index < -0.39 is 0 Å². The molecule has 1 atom stereocenters. The average Bonchev–Trinajstić information content (AvgIpc) is 3.31. The maximum absolute atomic E-state index is 12.6. The van der Waals surface area contributed by atoms with Crippen molar-refractivity contribution in [2.24, 2.45) is 0 Å². The molecule has 1 aromatic carbocycles. The molecule has 2 fully saturated rings. The van der Waals surface area contributed by atoms with E-state index in [1.54, 1.807) is 0 Å². The van der Waals surface area contributed by atoms with Crippen LogP contribution in [0.4, 0.5) is 0 Å². The summed E-state index contributed by atoms with van der Waals surface area (Å²) in [6.07, 6.45) is 5.71. The Morgan fingerprint density at radius 3 is 2.58 bits per heavy atom. The Bertz CT molecular complexity index is 422. The SMILES string of the molecule is O=C([C@@H]1CCCCN1)N(Cc1ccccc1)C1CC1. The molecule has 1 N–H and O–H groups in total. The molecular weight excluding hydrogens is 236 g/mol. The second-order valence-electron chi connectivity index (χ2n) is 5.69. The van der Waals surface area contributed by atoms with Crippen LogP contribution in [-0.2, 0) is 11.3 Å². The summed E-state index contributed by atoms with van der Waals surface area (Å²) in [4.78, 5) is 14.7. The van der Waals surface area contributed by atoms with E-state index in [4.69, 9.17) is 0 Å². The Morgan fingerprint density at radius 1 is 1.16 bits per heavy atom. The van der Waals surface area contributed by atoms with Crippen LogP contribution in [0.1, 0.15) is 37.7 Å². The first-order valence-corrected chi connectivity index (χ1v) is 7.42. The number of carbonyl (C=O) groups excluding carboxylic acids is 1. The van der Waals surface area contributed by atoms with Crippen molar-refractivity contribution in [3.63, 3.8) is 0 Å². The molecule has 1 amide bonds. The first kappa shape index (κ1) is 12.7. The molecule has 2 aliphatic rings. The van der Waals surface area contributed by atoms with Crippen LogP contribution >= 0.6 is 0 Å². The maximum atomic E-state index is 12.6. The van der Waals surface area contributed by atoms with Gasteiger partial charge in [-0.1, -0.05) is 36.8 Å². The van der Waals surface area contributed by atoms with E-state index in [-0.39, 0.29) is 6.04 Å². The fraction of sp³-hybridized carbons (Fsp3) is 0.562. The summed E-state index contributed by atoms with van der Waals surface area (Å²) >= 11 is 0. The van der Waals surface area contributed by atoms with Crippen molar-refractivity contribution in [1.82, 2.24) is 10.2 Å². The second-order valence-corrected chi connectivity index (χ2v) is 5.69. The van der Waals surface area contributed by atoms with Gasteiger partial charge in [0.25, 0.3) is 0 Å². The quantitative estimate of drug-likeness (QED) is 0.899. The molecule has 102 valence electrons. The molecule has 1 aliphatic carbocycles. The van der Waals surface area contributed by atoms with Gasteiger partial charge in [0.05, 0.1) is 6.04 Å². The van der Waals surface area contributed by atoms with Crippen LogP contribution in [0.3, 0.4) is 0 Å². The highest BCUT2D eigenvalue weighted by molar-refractivity contribution is 5.82. The van der Waals surface area contributed by atoms with Crippen LogP contribution in [0.5, 0.6) is 0 Å². The van der Waals surface area contributed by atoms with Gasteiger partial charge in [-0.2, -0.15) is 0 Å². The van der Waals surface area contributed by atoms with E-state index in [2.05, 4.69) is 22.3 Å². The molecule has 1 heterocycles. The number of benzene rings is 1. The zero-order valence-corrected chi connectivity index (χ0v) is 11.3. The zero-order valence-electron chi connectivity index (χ0n) is 11.3. The highest BCUT2D eigenvalue weighted by atomic mass is 16.2. The molecule has 3 nitrogen and oxygen atoms in total. The van der Waals surface area contributed by atoms with Crippen LogP contribution in [0.15, 0.2) is 30.3 Å². The van der Waals surface area contributed by atoms with Crippen LogP contribution in [0, 0.1) is 0 Å². The van der Waals surface area contributed by atoms with Crippen molar-refractivity contribution >= 4 is 5.91 Å². The topological polar surface area (TPSA) is 32.3 Å². The first-order chi connectivity index (χ1) is 9.34. The first-order valence-electron chi connectivity index (χ1n) is 7.42. The lowest BCUT2D eigenvalue weighted by atomic mass is 10.0. The normalized spacial score (nSPS) is 23.1. The van der Waals surface area contributed by atoms with E-state index in [1.807, 2.05) is 18.2 Å². The van der Waals surface area contributed by atoms with Gasteiger partial charge in [0.15, 0.2) is 0 Å². The third-order valence-electron chi connectivity index (χ3n) is 4.07. The van der Waals surface area contributed by atoms with Crippen LogP contribution in [-0.4, -0.2) is 29.4 Å². The molecule has 0 radical (unpaired) electrons. The molecule has 1 aliphatic heterocycles. The number of hydrogen-bond acceptors (Lipinski definition) is 2. The summed E-state index contributed by atoms with van der Waals surface area (Å²) in [7, 11) is 0. The number of hydrogen-bond donors (Lipinski definition) is 1. The van der Waals surface area contributed by atoms with Gasteiger partial charge in [-0.05, 0) is 37.8 Å². The Morgan fingerprint density at radius 2 is 1.95 bits per heavy atom. The van der Waals surface area contributed by atoms with Gasteiger partial charge in [-0.3, -0.25) is 4.79 Å². The Labute approximate surface area is 115 Å². The molecule has 1 aromatic rings. The lowest BCUT2D eigenvalue weighted by Crippen LogP contribution is -2.49. The third kappa shape index (κ3) is 3.16. The fourth-order valence-electron chi connectivity index (χ4n) is 2.82. The summed E-state index contributed by atoms with van der Waals surface area (Å²) in [5.41, 5.74) is 1.23. The summed E-state index contributed by atoms with van der Waals surface area (Å²) in [5, 5.41) is 3.38. The predicted octanol–water partition coefficient (Wildman–Crippen LogP) is 2.32. The molecule has 0 unspecified atom stereocenters. The van der Waals surface area contributed by atoms with Gasteiger partial charge < -0.3 is 10.2 Å². The summed E-state index contributed by atoms with van der Waals surface area (Å²) in [6.45, 7) is 1.75. The van der Waals surface area contributed by atoms with Crippen molar-refractivity contribution in [3.05, 3.63) is 35.9 Å². The lowest BCUT2D eigenvalue weighted by molar-refractivity contribution is -0.135. The van der Waals surface area contributed by atoms with E-state index in [1.165, 1.54) is 31.2 Å². The zero-order chi connectivity index (χ0) is 13.1. The summed E-state index contributed by atoms with van der Waals surface area (Å²) in [5.74, 6) is 0.311. The van der Waals surface area contributed by atoms with E-state index >= 15 is 0 Å². The van der Waals surface area contributed by atoms with Gasteiger partial charge in [-0.25, -0.2) is 0 Å². The van der Waals surface area contributed by atoms with Crippen LogP contribution in [0.2, 0.25) is 0 Å². The van der Waals surface area contributed by atoms with Gasteiger partial charge in [0.1, 0.15) is 0 Å². The third-order valence-corrected chi connectivity index (χ3v) is 4.07. The monoisotopic (exact) mass is 258 g/mol. The Balaban J connectivity index is 1.68. The van der Waals surface area contributed by atoms with E-state index in [0.717, 1.165) is 19.5 Å². The molecule has 1 saturated carbocycles. The Hall–Kier alpha value is -1.35. The van der Waals surface area contributed by atoms with Crippen molar-refractivity contribution in [1.29, 1.82) is 0 Å². The molecule has 0 bridgehead atoms. The van der Waals surface area contributed by atoms with E-state index in [0.29, 0.717) is 11.9 Å². The number of carbonyl (C=O) groups is 1. The molecule has 19 heavy (non-hydrogen) atoms.